The smallest absolute Gasteiger partial charge is 0.308 e. The normalized spacial score (nSPS) is 15.8. The molecule has 1 fully saturated rings. The molecule has 0 bridgehead atoms. The van der Waals surface area contributed by atoms with E-state index < -0.39 is 17.7 Å². The fourth-order valence-electron chi connectivity index (χ4n) is 1.97. The first-order valence-corrected chi connectivity index (χ1v) is 7.18. The van der Waals surface area contributed by atoms with Gasteiger partial charge in [-0.3, -0.25) is 9.59 Å². The van der Waals surface area contributed by atoms with E-state index in [1.807, 2.05) is 0 Å². The van der Waals surface area contributed by atoms with E-state index in [1.54, 1.807) is 11.8 Å². The summed E-state index contributed by atoms with van der Waals surface area (Å²) in [5.74, 6) is -2.40. The molecule has 6 heteroatoms. The minimum absolute atomic E-state index is 0.0690. The summed E-state index contributed by atoms with van der Waals surface area (Å²) >= 11 is 3.23. The van der Waals surface area contributed by atoms with Crippen LogP contribution >= 0.6 is 15.9 Å². The zero-order valence-corrected chi connectivity index (χ0v) is 12.6. The SMILES string of the molecule is CC(CN(C(=O)c1cc(F)ccc1Br)C1CC1)C(=O)O. The lowest BCUT2D eigenvalue weighted by atomic mass is 10.1. The second kappa shape index (κ2) is 5.91. The monoisotopic (exact) mass is 343 g/mol. The van der Waals surface area contributed by atoms with Gasteiger partial charge in [0.05, 0.1) is 11.5 Å². The maximum Gasteiger partial charge on any atom is 0.308 e. The number of carbonyl (C=O) groups excluding carboxylic acids is 1. The number of carboxylic acids is 1. The first-order chi connectivity index (χ1) is 9.40. The van der Waals surface area contributed by atoms with Gasteiger partial charge in [0.25, 0.3) is 5.91 Å². The predicted octanol–water partition coefficient (Wildman–Crippen LogP) is 2.91. The molecule has 1 N–H and O–H groups in total. The number of carbonyl (C=O) groups is 2. The van der Waals surface area contributed by atoms with Crippen molar-refractivity contribution in [3.8, 4) is 0 Å². The highest BCUT2D eigenvalue weighted by Gasteiger charge is 2.35. The number of hydrogen-bond donors (Lipinski definition) is 1. The van der Waals surface area contributed by atoms with Crippen LogP contribution in [0.4, 0.5) is 4.39 Å². The molecule has 0 saturated heterocycles. The number of benzene rings is 1. The van der Waals surface area contributed by atoms with Crippen molar-refractivity contribution in [2.75, 3.05) is 6.54 Å². The van der Waals surface area contributed by atoms with E-state index >= 15 is 0 Å². The highest BCUT2D eigenvalue weighted by Crippen LogP contribution is 2.30. The molecule has 1 aromatic rings. The van der Waals surface area contributed by atoms with Gasteiger partial charge in [0.15, 0.2) is 0 Å². The Morgan fingerprint density at radius 3 is 2.70 bits per heavy atom. The van der Waals surface area contributed by atoms with Gasteiger partial charge in [-0.15, -0.1) is 0 Å². The molecule has 20 heavy (non-hydrogen) atoms. The molecule has 4 nitrogen and oxygen atoms in total. The molecule has 0 aromatic heterocycles. The van der Waals surface area contributed by atoms with Crippen LogP contribution in [-0.2, 0) is 4.79 Å². The number of halogens is 2. The van der Waals surface area contributed by atoms with Crippen LogP contribution in [0.3, 0.4) is 0 Å². The Morgan fingerprint density at radius 2 is 2.15 bits per heavy atom. The molecular formula is C14H15BrFNO3. The summed E-state index contributed by atoms with van der Waals surface area (Å²) in [5.41, 5.74) is 0.231. The van der Waals surface area contributed by atoms with Gasteiger partial charge in [0, 0.05) is 17.1 Å². The summed E-state index contributed by atoms with van der Waals surface area (Å²) in [5, 5.41) is 8.98. The van der Waals surface area contributed by atoms with Gasteiger partial charge in [0.2, 0.25) is 0 Å². The highest BCUT2D eigenvalue weighted by atomic mass is 79.9. The largest absolute Gasteiger partial charge is 0.481 e. The fraction of sp³-hybridized carbons (Fsp3) is 0.429. The molecule has 2 rings (SSSR count). The Balaban J connectivity index is 2.23. The molecule has 1 aliphatic carbocycles. The summed E-state index contributed by atoms with van der Waals surface area (Å²) in [6.07, 6.45) is 1.73. The Morgan fingerprint density at radius 1 is 1.50 bits per heavy atom. The molecular weight excluding hydrogens is 329 g/mol. The van der Waals surface area contributed by atoms with Gasteiger partial charge in [-0.1, -0.05) is 6.92 Å². The van der Waals surface area contributed by atoms with Crippen molar-refractivity contribution in [3.63, 3.8) is 0 Å². The number of nitrogens with zero attached hydrogens (tertiary/aromatic N) is 1. The van der Waals surface area contributed by atoms with E-state index in [0.717, 1.165) is 12.8 Å². The van der Waals surface area contributed by atoms with Crippen molar-refractivity contribution in [3.05, 3.63) is 34.1 Å². The predicted molar refractivity (Wildman–Crippen MR) is 75.0 cm³/mol. The van der Waals surface area contributed by atoms with Crippen molar-refractivity contribution in [2.45, 2.75) is 25.8 Å². The molecule has 0 aliphatic heterocycles. The first-order valence-electron chi connectivity index (χ1n) is 6.39. The standard InChI is InChI=1S/C14H15BrFNO3/c1-8(14(19)20)7-17(10-3-4-10)13(18)11-6-9(16)2-5-12(11)15/h2,5-6,8,10H,3-4,7H2,1H3,(H,19,20). The van der Waals surface area contributed by atoms with Crippen molar-refractivity contribution in [2.24, 2.45) is 5.92 Å². The van der Waals surface area contributed by atoms with Crippen LogP contribution in [0.15, 0.2) is 22.7 Å². The third-order valence-corrected chi connectivity index (χ3v) is 3.99. The average Bonchev–Trinajstić information content (AvgIpc) is 3.22. The van der Waals surface area contributed by atoms with Crippen molar-refractivity contribution in [1.82, 2.24) is 4.90 Å². The van der Waals surface area contributed by atoms with Gasteiger partial charge in [-0.05, 0) is 47.0 Å². The summed E-state index contributed by atoms with van der Waals surface area (Å²) in [6.45, 7) is 1.70. The third-order valence-electron chi connectivity index (χ3n) is 3.30. The van der Waals surface area contributed by atoms with Gasteiger partial charge >= 0.3 is 5.97 Å². The quantitative estimate of drug-likeness (QED) is 0.894. The average molecular weight is 344 g/mol. The van der Waals surface area contributed by atoms with E-state index in [9.17, 15) is 14.0 Å². The second-order valence-electron chi connectivity index (χ2n) is 5.05. The van der Waals surface area contributed by atoms with E-state index in [-0.39, 0.29) is 24.1 Å². The number of carboxylic acid groups (broad SMARTS) is 1. The zero-order valence-electron chi connectivity index (χ0n) is 11.0. The number of aliphatic carboxylic acids is 1. The van der Waals surface area contributed by atoms with Crippen LogP contribution in [0.1, 0.15) is 30.1 Å². The Labute approximate surface area is 124 Å². The minimum atomic E-state index is -0.943. The molecule has 0 spiro atoms. The maximum absolute atomic E-state index is 13.3. The molecule has 0 radical (unpaired) electrons. The Kier molecular flexibility index (Phi) is 4.42. The topological polar surface area (TPSA) is 57.6 Å². The van der Waals surface area contributed by atoms with Gasteiger partial charge in [-0.25, -0.2) is 4.39 Å². The first kappa shape index (κ1) is 15.0. The van der Waals surface area contributed by atoms with Crippen molar-refractivity contribution in [1.29, 1.82) is 0 Å². The molecule has 1 aromatic carbocycles. The van der Waals surface area contributed by atoms with Gasteiger partial charge in [-0.2, -0.15) is 0 Å². The zero-order chi connectivity index (χ0) is 14.9. The third kappa shape index (κ3) is 3.36. The Bertz CT molecular complexity index is 545. The number of rotatable bonds is 5. The minimum Gasteiger partial charge on any atom is -0.481 e. The lowest BCUT2D eigenvalue weighted by Crippen LogP contribution is -2.38. The van der Waals surface area contributed by atoms with Crippen LogP contribution in [0.5, 0.6) is 0 Å². The van der Waals surface area contributed by atoms with Crippen LogP contribution in [0.2, 0.25) is 0 Å². The van der Waals surface area contributed by atoms with Crippen LogP contribution in [0.25, 0.3) is 0 Å². The van der Waals surface area contributed by atoms with Gasteiger partial charge < -0.3 is 10.0 Å². The number of amides is 1. The second-order valence-corrected chi connectivity index (χ2v) is 5.91. The van der Waals surface area contributed by atoms with E-state index in [0.29, 0.717) is 4.47 Å². The molecule has 1 saturated carbocycles. The van der Waals surface area contributed by atoms with Crippen molar-refractivity contribution < 1.29 is 19.1 Å². The fourth-order valence-corrected chi connectivity index (χ4v) is 2.39. The lowest BCUT2D eigenvalue weighted by Gasteiger charge is -2.25. The van der Waals surface area contributed by atoms with Gasteiger partial charge in [0.1, 0.15) is 5.82 Å². The summed E-state index contributed by atoms with van der Waals surface area (Å²) in [4.78, 5) is 25.0. The molecule has 1 atom stereocenters. The number of hydrogen-bond acceptors (Lipinski definition) is 2. The summed E-state index contributed by atoms with van der Waals surface area (Å²) in [6, 6.07) is 3.99. The van der Waals surface area contributed by atoms with Crippen LogP contribution < -0.4 is 0 Å². The van der Waals surface area contributed by atoms with Crippen LogP contribution in [0, 0.1) is 11.7 Å². The van der Waals surface area contributed by atoms with E-state index in [1.165, 1.54) is 18.2 Å². The highest BCUT2D eigenvalue weighted by molar-refractivity contribution is 9.10. The summed E-state index contributed by atoms with van der Waals surface area (Å²) < 4.78 is 13.8. The van der Waals surface area contributed by atoms with E-state index in [2.05, 4.69) is 15.9 Å². The summed E-state index contributed by atoms with van der Waals surface area (Å²) in [7, 11) is 0. The molecule has 1 aliphatic rings. The lowest BCUT2D eigenvalue weighted by molar-refractivity contribution is -0.141. The molecule has 1 amide bonds. The Hall–Kier alpha value is -1.43. The molecule has 108 valence electrons. The molecule has 1 unspecified atom stereocenters. The van der Waals surface area contributed by atoms with Crippen molar-refractivity contribution >= 4 is 27.8 Å². The maximum atomic E-state index is 13.3. The van der Waals surface area contributed by atoms with Crippen LogP contribution in [-0.4, -0.2) is 34.5 Å². The molecule has 0 heterocycles. The van der Waals surface area contributed by atoms with E-state index in [4.69, 9.17) is 5.11 Å².